The second kappa shape index (κ2) is 18.4. The van der Waals surface area contributed by atoms with Crippen LogP contribution in [-0.2, 0) is 51.4 Å². The Labute approximate surface area is 461 Å². The van der Waals surface area contributed by atoms with E-state index in [1.54, 1.807) is 0 Å². The van der Waals surface area contributed by atoms with Gasteiger partial charge in [0.15, 0.2) is 0 Å². The van der Waals surface area contributed by atoms with Gasteiger partial charge in [-0.05, 0) is 163 Å². The number of rotatable bonds is 3. The van der Waals surface area contributed by atoms with Gasteiger partial charge < -0.3 is 18.1 Å². The third-order valence-electron chi connectivity index (χ3n) is 15.6. The molecule has 1 aliphatic rings. The number of halogens is 1. The quantitative estimate of drug-likeness (QED) is 0.131. The van der Waals surface area contributed by atoms with E-state index in [-0.39, 0.29) is 42.1 Å². The van der Waals surface area contributed by atoms with Gasteiger partial charge in [-0.25, -0.2) is 0 Å². The zero-order chi connectivity index (χ0) is 48.5. The average molecular weight is 1320 g/mol. The first-order valence-corrected chi connectivity index (χ1v) is 25.1. The molecule has 15 rings (SSSR count). The predicted molar refractivity (Wildman–Crippen MR) is 304 cm³/mol. The third-order valence-corrected chi connectivity index (χ3v) is 16.0. The summed E-state index contributed by atoms with van der Waals surface area (Å²) < 4.78 is 25.6. The molecule has 74 heavy (non-hydrogen) atoms. The van der Waals surface area contributed by atoms with E-state index >= 15 is 0 Å². The van der Waals surface area contributed by atoms with Crippen LogP contribution in [0.4, 0.5) is 0 Å². The molecule has 0 spiro atoms. The van der Waals surface area contributed by atoms with Gasteiger partial charge >= 0.3 is 7.12 Å². The van der Waals surface area contributed by atoms with E-state index in [9.17, 15) is 0 Å². The van der Waals surface area contributed by atoms with Crippen LogP contribution in [0.5, 0.6) is 0 Å². The molecule has 356 valence electrons. The summed E-state index contributed by atoms with van der Waals surface area (Å²) in [5.41, 5.74) is 8.11. The fraction of sp³-hybridized carbons (Fsp3) is 0.0909. The molecule has 4 nitrogen and oxygen atoms in total. The van der Waals surface area contributed by atoms with Crippen LogP contribution < -0.4 is 5.46 Å². The van der Waals surface area contributed by atoms with E-state index in [1.165, 1.54) is 64.6 Å². The summed E-state index contributed by atoms with van der Waals surface area (Å²) in [5.74, 6) is 0. The Balaban J connectivity index is 0.000000150. The van der Waals surface area contributed by atoms with E-state index in [0.29, 0.717) is 5.02 Å². The SMILES string of the molecule is CC1(C)OB(c2cccc3oc4cccc(-c5ccc6c7ccccc7c7ccccc7c6c5)c4c23)OC1(C)C.Clc1cccc2oc3cccc(-c4ccc5c6ccccc6c6ccccc6c5c4)c3c12.[W].[W]. The molecule has 8 heteroatoms. The average Bonchev–Trinajstić information content (AvgIpc) is 4.07. The molecule has 1 aliphatic heterocycles. The Kier molecular flexibility index (Phi) is 12.0. The van der Waals surface area contributed by atoms with Crippen molar-refractivity contribution in [3.8, 4) is 22.3 Å². The minimum atomic E-state index is -0.477. The summed E-state index contributed by atoms with van der Waals surface area (Å²) in [4.78, 5) is 0. The van der Waals surface area contributed by atoms with Crippen LogP contribution in [-0.4, -0.2) is 18.3 Å². The summed E-state index contributed by atoms with van der Waals surface area (Å²) in [5, 5.41) is 20.2. The molecule has 1 fully saturated rings. The van der Waals surface area contributed by atoms with Crippen molar-refractivity contribution >= 4 is 133 Å². The van der Waals surface area contributed by atoms with E-state index in [0.717, 1.165) is 71.6 Å². The van der Waals surface area contributed by atoms with Gasteiger partial charge in [0.2, 0.25) is 0 Å². The summed E-state index contributed by atoms with van der Waals surface area (Å²) in [6.07, 6.45) is 0. The molecule has 12 aromatic carbocycles. The molecular weight excluding hydrogens is 1270 g/mol. The number of hydrogen-bond donors (Lipinski definition) is 0. The van der Waals surface area contributed by atoms with Gasteiger partial charge in [0.25, 0.3) is 0 Å². The molecule has 0 atom stereocenters. The van der Waals surface area contributed by atoms with Crippen LogP contribution in [0.2, 0.25) is 5.02 Å². The maximum atomic E-state index is 6.62. The molecular formula is C66H46BClO4W2. The van der Waals surface area contributed by atoms with E-state index < -0.39 is 18.3 Å². The van der Waals surface area contributed by atoms with Crippen LogP contribution in [0.3, 0.4) is 0 Å². The smallest absolute Gasteiger partial charge is 0.456 e. The van der Waals surface area contributed by atoms with Crippen LogP contribution in [0.15, 0.2) is 215 Å². The summed E-state index contributed by atoms with van der Waals surface area (Å²) in [6, 6.07) is 72.9. The van der Waals surface area contributed by atoms with Gasteiger partial charge in [0.1, 0.15) is 22.3 Å². The molecule has 0 N–H and O–H groups in total. The van der Waals surface area contributed by atoms with Crippen molar-refractivity contribution in [2.75, 3.05) is 0 Å². The van der Waals surface area contributed by atoms with Crippen molar-refractivity contribution < 1.29 is 60.3 Å². The Morgan fingerprint density at radius 3 is 1.07 bits per heavy atom. The Hall–Kier alpha value is -6.55. The van der Waals surface area contributed by atoms with Crippen LogP contribution in [0.1, 0.15) is 27.7 Å². The monoisotopic (exact) mass is 1320 g/mol. The molecule has 0 radical (unpaired) electrons. The first-order chi connectivity index (χ1) is 35.1. The minimum absolute atomic E-state index is 0. The molecule has 0 amide bonds. The third kappa shape index (κ3) is 7.50. The van der Waals surface area contributed by atoms with Gasteiger partial charge in [-0.3, -0.25) is 0 Å². The molecule has 0 unspecified atom stereocenters. The second-order valence-corrected chi connectivity index (χ2v) is 20.6. The fourth-order valence-corrected chi connectivity index (χ4v) is 11.8. The summed E-state index contributed by atoms with van der Waals surface area (Å²) in [7, 11) is -0.477. The van der Waals surface area contributed by atoms with E-state index in [4.69, 9.17) is 29.7 Å². The Bertz CT molecular complexity index is 4490. The fourth-order valence-electron chi connectivity index (χ4n) is 11.5. The van der Waals surface area contributed by atoms with Crippen LogP contribution in [0.25, 0.3) is 131 Å². The normalized spacial score (nSPS) is 14.1. The van der Waals surface area contributed by atoms with Crippen molar-refractivity contribution in [3.05, 3.63) is 211 Å². The standard InChI is InChI=1S/C36H29BO3.C30H17ClO.2W/c1-35(2)36(3,4)40-37(39-35)30-16-10-18-32-34(30)33-23(15-9-17-31(33)38-32)22-19-20-28-26-13-6-5-11-24(26)25-12-7-8-14-27(25)29(28)21-22;31-26-12-6-14-28-30(26)29-19(11-5-13-27(29)32-28)18-15-16-24-22-9-2-1-7-20(22)21-8-3-4-10-23(21)25(24)17-18;;/h5-21H,1-4H3;1-17H;;. The maximum Gasteiger partial charge on any atom is 0.495 e. The van der Waals surface area contributed by atoms with Gasteiger partial charge in [0.05, 0.1) is 16.2 Å². The van der Waals surface area contributed by atoms with Crippen molar-refractivity contribution in [1.82, 2.24) is 0 Å². The van der Waals surface area contributed by atoms with Gasteiger partial charge in [0, 0.05) is 63.7 Å². The summed E-state index contributed by atoms with van der Waals surface area (Å²) in [6.45, 7) is 8.37. The first kappa shape index (κ1) is 48.4. The second-order valence-electron chi connectivity index (χ2n) is 20.2. The topological polar surface area (TPSA) is 44.7 Å². The van der Waals surface area contributed by atoms with Crippen LogP contribution >= 0.6 is 11.6 Å². The Morgan fingerprint density at radius 1 is 0.324 bits per heavy atom. The molecule has 3 heterocycles. The zero-order valence-electron chi connectivity index (χ0n) is 41.0. The van der Waals surface area contributed by atoms with Gasteiger partial charge in [-0.1, -0.05) is 175 Å². The Morgan fingerprint density at radius 2 is 0.649 bits per heavy atom. The number of hydrogen-bond acceptors (Lipinski definition) is 4. The van der Waals surface area contributed by atoms with E-state index in [1.807, 2.05) is 36.4 Å². The van der Waals surface area contributed by atoms with Gasteiger partial charge in [-0.2, -0.15) is 0 Å². The minimum Gasteiger partial charge on any atom is -0.456 e. The predicted octanol–water partition coefficient (Wildman–Crippen LogP) is 18.4. The number of benzene rings is 12. The van der Waals surface area contributed by atoms with Crippen LogP contribution in [0, 0.1) is 0 Å². The molecule has 2 aromatic heterocycles. The molecule has 0 bridgehead atoms. The van der Waals surface area contributed by atoms with Crippen molar-refractivity contribution in [3.63, 3.8) is 0 Å². The number of furan rings is 2. The van der Waals surface area contributed by atoms with E-state index in [2.05, 4.69) is 198 Å². The molecule has 14 aromatic rings. The first-order valence-electron chi connectivity index (χ1n) is 24.7. The molecule has 0 aliphatic carbocycles. The van der Waals surface area contributed by atoms with Crippen molar-refractivity contribution in [2.45, 2.75) is 38.9 Å². The largest absolute Gasteiger partial charge is 0.495 e. The van der Waals surface area contributed by atoms with Crippen molar-refractivity contribution in [2.24, 2.45) is 0 Å². The summed E-state index contributed by atoms with van der Waals surface area (Å²) >= 11 is 6.62. The van der Waals surface area contributed by atoms with Gasteiger partial charge in [-0.15, -0.1) is 0 Å². The number of fused-ring (bicyclic) bond motifs is 18. The van der Waals surface area contributed by atoms with Crippen molar-refractivity contribution in [1.29, 1.82) is 0 Å². The molecule has 1 saturated heterocycles. The zero-order valence-corrected chi connectivity index (χ0v) is 47.7. The maximum absolute atomic E-state index is 6.62. The molecule has 0 saturated carbocycles.